The number of nitrogens with one attached hydrogen (secondary N) is 1. The summed E-state index contributed by atoms with van der Waals surface area (Å²) >= 11 is 1.55. The highest BCUT2D eigenvalue weighted by molar-refractivity contribution is 7.15. The van der Waals surface area contributed by atoms with E-state index in [9.17, 15) is 14.7 Å². The topological polar surface area (TPSA) is 89.0 Å². The van der Waals surface area contributed by atoms with Crippen LogP contribution < -0.4 is 5.32 Å². The Hall–Kier alpha value is -2.77. The van der Waals surface area contributed by atoms with Gasteiger partial charge in [-0.05, 0) is 61.3 Å². The number of thiazole rings is 1. The van der Waals surface area contributed by atoms with Gasteiger partial charge < -0.3 is 14.9 Å². The van der Waals surface area contributed by atoms with Gasteiger partial charge >= 0.3 is 0 Å². The number of carbonyl (C=O) groups excluding carboxylic acids is 2. The Morgan fingerprint density at radius 2 is 1.95 bits per heavy atom. The van der Waals surface area contributed by atoms with Crippen molar-refractivity contribution in [2.24, 2.45) is 23.2 Å². The fraction of sp³-hybridized carbons (Fsp3) is 0.606. The van der Waals surface area contributed by atoms with Crippen molar-refractivity contribution >= 4 is 28.3 Å². The molecule has 0 spiro atoms. The SMILES string of the molecule is C#CCN(C)C(=O)[C@@H](C)[C@H]1CC[C@]2(C)Cc3sc(NC(=O)c4ccc(CN5CCN(C)CC5)cc4)nc3[C@@H](C)[C@@H]2[C@H]1O. The molecule has 1 saturated carbocycles. The summed E-state index contributed by atoms with van der Waals surface area (Å²) in [6.45, 7) is 11.8. The zero-order valence-corrected chi connectivity index (χ0v) is 26.4. The number of aromatic nitrogens is 1. The molecule has 2 aliphatic carbocycles. The largest absolute Gasteiger partial charge is 0.392 e. The molecule has 2 fully saturated rings. The van der Waals surface area contributed by atoms with Crippen molar-refractivity contribution in [3.63, 3.8) is 0 Å². The molecular formula is C33H45N5O3S. The van der Waals surface area contributed by atoms with Crippen LogP contribution in [0.2, 0.25) is 0 Å². The number of fused-ring (bicyclic) bond motifs is 2. The number of hydrogen-bond donors (Lipinski definition) is 2. The molecule has 5 rings (SSSR count). The molecule has 1 saturated heterocycles. The number of terminal acetylenes is 1. The number of carbonyl (C=O) groups is 2. The monoisotopic (exact) mass is 591 g/mol. The van der Waals surface area contributed by atoms with E-state index in [4.69, 9.17) is 11.4 Å². The minimum Gasteiger partial charge on any atom is -0.392 e. The van der Waals surface area contributed by atoms with Crippen LogP contribution in [0, 0.1) is 35.5 Å². The molecule has 2 amide bonds. The summed E-state index contributed by atoms with van der Waals surface area (Å²) in [7, 11) is 3.88. The first kappa shape index (κ1) is 30.7. The molecule has 2 N–H and O–H groups in total. The quantitative estimate of drug-likeness (QED) is 0.475. The van der Waals surface area contributed by atoms with E-state index in [1.54, 1.807) is 23.3 Å². The van der Waals surface area contributed by atoms with Gasteiger partial charge in [0.15, 0.2) is 5.13 Å². The van der Waals surface area contributed by atoms with Crippen LogP contribution in [0.4, 0.5) is 5.13 Å². The lowest BCUT2D eigenvalue weighted by atomic mass is 9.53. The Kier molecular flexibility index (Phi) is 9.10. The molecule has 3 aliphatic rings. The molecule has 9 heteroatoms. The van der Waals surface area contributed by atoms with Crippen LogP contribution in [-0.2, 0) is 17.8 Å². The van der Waals surface area contributed by atoms with Crippen LogP contribution in [0.5, 0.6) is 0 Å². The van der Waals surface area contributed by atoms with E-state index in [0.717, 1.165) is 57.7 Å². The average Bonchev–Trinajstić information content (AvgIpc) is 3.35. The third kappa shape index (κ3) is 6.14. The van der Waals surface area contributed by atoms with E-state index in [1.165, 1.54) is 10.4 Å². The van der Waals surface area contributed by atoms with E-state index in [1.807, 2.05) is 31.2 Å². The van der Waals surface area contributed by atoms with Gasteiger partial charge in [0.2, 0.25) is 5.91 Å². The second kappa shape index (κ2) is 12.5. The van der Waals surface area contributed by atoms with E-state index in [0.29, 0.717) is 10.7 Å². The number of likely N-dealkylation sites (N-methyl/N-ethyl adjacent to an activating group) is 1. The minimum atomic E-state index is -0.616. The molecule has 0 radical (unpaired) electrons. The van der Waals surface area contributed by atoms with Gasteiger partial charge in [0.05, 0.1) is 18.3 Å². The van der Waals surface area contributed by atoms with E-state index in [2.05, 4.69) is 41.9 Å². The molecular weight excluding hydrogens is 546 g/mol. The van der Waals surface area contributed by atoms with E-state index < -0.39 is 6.10 Å². The van der Waals surface area contributed by atoms with Crippen molar-refractivity contribution in [3.8, 4) is 12.3 Å². The average molecular weight is 592 g/mol. The first-order valence-corrected chi connectivity index (χ1v) is 16.0. The summed E-state index contributed by atoms with van der Waals surface area (Å²) in [4.78, 5) is 38.6. The summed E-state index contributed by atoms with van der Waals surface area (Å²) in [5.74, 6) is 1.91. The van der Waals surface area contributed by atoms with Crippen molar-refractivity contribution in [1.29, 1.82) is 0 Å². The van der Waals surface area contributed by atoms with Gasteiger partial charge in [0.25, 0.3) is 5.91 Å². The molecule has 0 unspecified atom stereocenters. The second-order valence-corrected chi connectivity index (χ2v) is 14.2. The minimum absolute atomic E-state index is 0.0121. The molecule has 8 nitrogen and oxygen atoms in total. The van der Waals surface area contributed by atoms with Crippen LogP contribution in [-0.4, -0.2) is 89.5 Å². The first-order valence-electron chi connectivity index (χ1n) is 15.2. The van der Waals surface area contributed by atoms with E-state index in [-0.39, 0.29) is 47.4 Å². The van der Waals surface area contributed by atoms with Crippen molar-refractivity contribution in [3.05, 3.63) is 46.0 Å². The highest BCUT2D eigenvalue weighted by Gasteiger charge is 2.54. The van der Waals surface area contributed by atoms with E-state index >= 15 is 0 Å². The van der Waals surface area contributed by atoms with Gasteiger partial charge in [-0.25, -0.2) is 4.98 Å². The van der Waals surface area contributed by atoms with Crippen molar-refractivity contribution in [2.45, 2.75) is 58.6 Å². The van der Waals surface area contributed by atoms with Gasteiger partial charge in [-0.3, -0.25) is 19.8 Å². The van der Waals surface area contributed by atoms with Gasteiger partial charge in [-0.1, -0.05) is 38.8 Å². The fourth-order valence-electron chi connectivity index (χ4n) is 7.54. The predicted octanol–water partition coefficient (Wildman–Crippen LogP) is 3.92. The maximum absolute atomic E-state index is 13.1. The number of anilines is 1. The lowest BCUT2D eigenvalue weighted by Gasteiger charge is -2.53. The van der Waals surface area contributed by atoms with Crippen molar-refractivity contribution < 1.29 is 14.7 Å². The Morgan fingerprint density at radius 3 is 2.62 bits per heavy atom. The molecule has 42 heavy (non-hydrogen) atoms. The molecule has 1 aliphatic heterocycles. The van der Waals surface area contributed by atoms with Crippen LogP contribution >= 0.6 is 11.3 Å². The third-order valence-electron chi connectivity index (χ3n) is 10.1. The normalized spacial score (nSPS) is 28.7. The Labute approximate surface area is 254 Å². The maximum atomic E-state index is 13.1. The van der Waals surface area contributed by atoms with Gasteiger partial charge in [-0.2, -0.15) is 0 Å². The van der Waals surface area contributed by atoms with Crippen LogP contribution in [0.25, 0.3) is 0 Å². The Bertz CT molecular complexity index is 1330. The number of aliphatic hydroxyl groups excluding tert-OH is 1. The lowest BCUT2D eigenvalue weighted by Crippen LogP contribution is -2.53. The molecule has 0 bridgehead atoms. The summed E-state index contributed by atoms with van der Waals surface area (Å²) in [6, 6.07) is 7.88. The van der Waals surface area contributed by atoms with Crippen molar-refractivity contribution in [1.82, 2.24) is 19.7 Å². The Morgan fingerprint density at radius 1 is 1.26 bits per heavy atom. The number of hydrogen-bond acceptors (Lipinski definition) is 7. The fourth-order valence-corrected chi connectivity index (χ4v) is 8.80. The number of benzene rings is 1. The zero-order valence-electron chi connectivity index (χ0n) is 25.6. The smallest absolute Gasteiger partial charge is 0.257 e. The van der Waals surface area contributed by atoms with Gasteiger partial charge in [0, 0.05) is 62.0 Å². The number of aliphatic hydroxyl groups is 1. The summed E-state index contributed by atoms with van der Waals surface area (Å²) < 4.78 is 0. The lowest BCUT2D eigenvalue weighted by molar-refractivity contribution is -0.142. The van der Waals surface area contributed by atoms with Crippen LogP contribution in [0.1, 0.15) is 66.0 Å². The molecule has 226 valence electrons. The molecule has 6 atom stereocenters. The second-order valence-electron chi connectivity index (χ2n) is 13.1. The standard InChI is InChI=1S/C33H45N5O3S/c1-7-14-37(6)31(41)21(2)25-12-13-33(4)19-26-28(22(3)27(33)29(25)39)34-32(42-26)35-30(40)24-10-8-23(9-11-24)20-38-17-15-36(5)16-18-38/h1,8-11,21-22,25,27,29,39H,12-20H2,2-6H3,(H,34,35,40)/t21-,22-,25+,27+,29-,33+/m0/s1. The van der Waals surface area contributed by atoms with Gasteiger partial charge in [-0.15, -0.1) is 17.8 Å². The first-order chi connectivity index (χ1) is 20.0. The van der Waals surface area contributed by atoms with Crippen LogP contribution in [0.15, 0.2) is 24.3 Å². The van der Waals surface area contributed by atoms with Crippen LogP contribution in [0.3, 0.4) is 0 Å². The molecule has 2 aromatic rings. The van der Waals surface area contributed by atoms with Gasteiger partial charge in [0.1, 0.15) is 0 Å². The zero-order chi connectivity index (χ0) is 30.2. The summed E-state index contributed by atoms with van der Waals surface area (Å²) in [6.07, 6.45) is 7.34. The Balaban J connectivity index is 1.25. The molecule has 1 aromatic carbocycles. The summed E-state index contributed by atoms with van der Waals surface area (Å²) in [5.41, 5.74) is 2.69. The third-order valence-corrected chi connectivity index (χ3v) is 11.1. The number of rotatable bonds is 7. The molecule has 2 heterocycles. The van der Waals surface area contributed by atoms with Crippen molar-refractivity contribution in [2.75, 3.05) is 52.1 Å². The summed E-state index contributed by atoms with van der Waals surface area (Å²) in [5, 5.41) is 15.3. The highest BCUT2D eigenvalue weighted by Crippen LogP contribution is 2.57. The maximum Gasteiger partial charge on any atom is 0.257 e. The number of nitrogens with zero attached hydrogens (tertiary/aromatic N) is 4. The highest BCUT2D eigenvalue weighted by atomic mass is 32.1. The number of piperazine rings is 1. The predicted molar refractivity (Wildman–Crippen MR) is 167 cm³/mol. The number of amides is 2. The molecule has 1 aromatic heterocycles.